The first-order chi connectivity index (χ1) is 10.0. The zero-order chi connectivity index (χ0) is 15.4. The second-order valence-corrected chi connectivity index (χ2v) is 7.19. The summed E-state index contributed by atoms with van der Waals surface area (Å²) in [5, 5.41) is 20.2. The molecule has 0 aromatic heterocycles. The summed E-state index contributed by atoms with van der Waals surface area (Å²) in [6, 6.07) is 1.83. The molecule has 21 heavy (non-hydrogen) atoms. The lowest BCUT2D eigenvalue weighted by atomic mass is 9.79. The minimum atomic E-state index is -0.447. The molecule has 0 saturated heterocycles. The van der Waals surface area contributed by atoms with E-state index in [1.807, 2.05) is 6.08 Å². The average Bonchev–Trinajstić information content (AvgIpc) is 2.47. The lowest BCUT2D eigenvalue weighted by Crippen LogP contribution is -2.30. The minimum absolute atomic E-state index is 0.0142. The molecule has 2 rings (SSSR count). The largest absolute Gasteiger partial charge is 0.264 e. The van der Waals surface area contributed by atoms with Crippen LogP contribution in [-0.4, -0.2) is 21.7 Å². The molecule has 0 heterocycles. The normalized spacial score (nSPS) is 37.8. The Hall–Kier alpha value is -0.790. The number of hydrogen-bond acceptors (Lipinski definition) is 3. The second kappa shape index (κ2) is 7.47. The van der Waals surface area contributed by atoms with Crippen LogP contribution in [0.2, 0.25) is 0 Å². The third kappa shape index (κ3) is 4.11. The van der Waals surface area contributed by atoms with E-state index < -0.39 is 6.04 Å². The van der Waals surface area contributed by atoms with Crippen LogP contribution in [0.25, 0.3) is 0 Å². The van der Waals surface area contributed by atoms with Crippen molar-refractivity contribution in [3.8, 4) is 6.07 Å². The average molecular weight is 331 g/mol. The molecule has 0 amide bonds. The van der Waals surface area contributed by atoms with E-state index in [1.54, 1.807) is 0 Å². The SMILES string of the molecule is N#C/C(=C\C1[C@H](Cl)CCC[C@@H]1Cl)C1CCC([N+](=O)[O-])CC1. The monoisotopic (exact) mass is 330 g/mol. The molecule has 0 radical (unpaired) electrons. The Bertz CT molecular complexity index is 443. The fourth-order valence-corrected chi connectivity index (χ4v) is 4.28. The van der Waals surface area contributed by atoms with Gasteiger partial charge in [0, 0.05) is 40.0 Å². The number of hydrogen-bond donors (Lipinski definition) is 0. The Labute approximate surface area is 135 Å². The zero-order valence-corrected chi connectivity index (χ0v) is 13.4. The molecular formula is C15H20Cl2N2O2. The van der Waals surface area contributed by atoms with E-state index in [4.69, 9.17) is 23.2 Å². The summed E-state index contributed by atoms with van der Waals surface area (Å²) in [6.45, 7) is 0. The van der Waals surface area contributed by atoms with Crippen molar-refractivity contribution in [2.75, 3.05) is 0 Å². The van der Waals surface area contributed by atoms with Crippen molar-refractivity contribution in [1.29, 1.82) is 5.26 Å². The number of rotatable bonds is 3. The smallest absolute Gasteiger partial charge is 0.213 e. The highest BCUT2D eigenvalue weighted by Crippen LogP contribution is 2.37. The Balaban J connectivity index is 2.04. The molecule has 3 atom stereocenters. The summed E-state index contributed by atoms with van der Waals surface area (Å²) in [5.74, 6) is 0.158. The highest BCUT2D eigenvalue weighted by molar-refractivity contribution is 6.24. The van der Waals surface area contributed by atoms with Crippen molar-refractivity contribution in [3.63, 3.8) is 0 Å². The first kappa shape index (κ1) is 16.6. The molecule has 0 bridgehead atoms. The maximum absolute atomic E-state index is 10.8. The van der Waals surface area contributed by atoms with Crippen molar-refractivity contribution < 1.29 is 4.92 Å². The Morgan fingerprint density at radius 2 is 1.71 bits per heavy atom. The van der Waals surface area contributed by atoms with Crippen molar-refractivity contribution >= 4 is 23.2 Å². The Morgan fingerprint density at radius 3 is 2.19 bits per heavy atom. The van der Waals surface area contributed by atoms with Gasteiger partial charge in [-0.15, -0.1) is 23.2 Å². The molecular weight excluding hydrogens is 311 g/mol. The van der Waals surface area contributed by atoms with Gasteiger partial charge in [0.05, 0.1) is 6.07 Å². The Kier molecular flexibility index (Phi) is 5.89. The highest BCUT2D eigenvalue weighted by Gasteiger charge is 2.33. The summed E-state index contributed by atoms with van der Waals surface area (Å²) in [7, 11) is 0. The van der Waals surface area contributed by atoms with Crippen LogP contribution < -0.4 is 0 Å². The lowest BCUT2D eigenvalue weighted by Gasteiger charge is -2.31. The first-order valence-electron chi connectivity index (χ1n) is 7.56. The van der Waals surface area contributed by atoms with E-state index in [9.17, 15) is 15.4 Å². The fraction of sp³-hybridized carbons (Fsp3) is 0.800. The van der Waals surface area contributed by atoms with Gasteiger partial charge in [0.1, 0.15) is 0 Å². The van der Waals surface area contributed by atoms with Gasteiger partial charge in [-0.3, -0.25) is 10.1 Å². The molecule has 2 aliphatic rings. The van der Waals surface area contributed by atoms with Gasteiger partial charge in [-0.05, 0) is 31.6 Å². The van der Waals surface area contributed by atoms with Gasteiger partial charge >= 0.3 is 0 Å². The van der Waals surface area contributed by atoms with Gasteiger partial charge in [-0.1, -0.05) is 12.5 Å². The van der Waals surface area contributed by atoms with Crippen LogP contribution in [0.1, 0.15) is 44.9 Å². The summed E-state index contributed by atoms with van der Waals surface area (Å²) in [6.07, 6.45) is 7.35. The number of halogens is 2. The molecule has 0 aromatic carbocycles. The lowest BCUT2D eigenvalue weighted by molar-refractivity contribution is -0.526. The van der Waals surface area contributed by atoms with Gasteiger partial charge in [0.2, 0.25) is 6.04 Å². The predicted octanol–water partition coefficient (Wildman–Crippen LogP) is 4.29. The van der Waals surface area contributed by atoms with Crippen LogP contribution in [0.4, 0.5) is 0 Å². The van der Waals surface area contributed by atoms with Crippen LogP contribution in [0, 0.1) is 33.3 Å². The topological polar surface area (TPSA) is 66.9 Å². The summed E-state index contributed by atoms with van der Waals surface area (Å²) in [5.41, 5.74) is 0.722. The maximum atomic E-state index is 10.8. The van der Waals surface area contributed by atoms with Gasteiger partial charge in [0.25, 0.3) is 0 Å². The molecule has 6 heteroatoms. The molecule has 116 valence electrons. The summed E-state index contributed by atoms with van der Waals surface area (Å²) in [4.78, 5) is 10.6. The summed E-state index contributed by atoms with van der Waals surface area (Å²) >= 11 is 12.7. The number of nitriles is 1. The molecule has 1 unspecified atom stereocenters. The van der Waals surface area contributed by atoms with E-state index in [-0.39, 0.29) is 27.5 Å². The predicted molar refractivity (Wildman–Crippen MR) is 83.1 cm³/mol. The quantitative estimate of drug-likeness (QED) is 0.335. The van der Waals surface area contributed by atoms with E-state index in [2.05, 4.69) is 6.07 Å². The number of alkyl halides is 2. The third-order valence-electron chi connectivity index (χ3n) is 4.73. The molecule has 0 spiro atoms. The molecule has 0 N–H and O–H groups in total. The standard InChI is InChI=1S/C15H20Cl2N2O2/c16-14-2-1-3-15(17)13(14)8-11(9-18)10-4-6-12(7-5-10)19(20)21/h8,10,12-15H,1-7H2/b11-8+/t10?,12?,13?,14-,15+. The van der Waals surface area contributed by atoms with Crippen LogP contribution in [0.3, 0.4) is 0 Å². The van der Waals surface area contributed by atoms with Gasteiger partial charge in [0.15, 0.2) is 0 Å². The van der Waals surface area contributed by atoms with Crippen molar-refractivity contribution in [2.24, 2.45) is 11.8 Å². The van der Waals surface area contributed by atoms with Crippen LogP contribution in [-0.2, 0) is 0 Å². The van der Waals surface area contributed by atoms with Crippen LogP contribution in [0.5, 0.6) is 0 Å². The highest BCUT2D eigenvalue weighted by atomic mass is 35.5. The van der Waals surface area contributed by atoms with E-state index in [0.717, 1.165) is 24.8 Å². The fourth-order valence-electron chi connectivity index (χ4n) is 3.40. The van der Waals surface area contributed by atoms with Crippen LogP contribution in [0.15, 0.2) is 11.6 Å². The zero-order valence-electron chi connectivity index (χ0n) is 11.9. The van der Waals surface area contributed by atoms with Gasteiger partial charge in [-0.25, -0.2) is 0 Å². The molecule has 4 nitrogen and oxygen atoms in total. The van der Waals surface area contributed by atoms with E-state index in [0.29, 0.717) is 25.7 Å². The number of nitrogens with zero attached hydrogens (tertiary/aromatic N) is 2. The number of nitro groups is 1. The molecule has 0 aromatic rings. The van der Waals surface area contributed by atoms with Crippen molar-refractivity contribution in [2.45, 2.75) is 61.7 Å². The Morgan fingerprint density at radius 1 is 1.14 bits per heavy atom. The van der Waals surface area contributed by atoms with Gasteiger partial charge < -0.3 is 0 Å². The van der Waals surface area contributed by atoms with E-state index in [1.165, 1.54) is 0 Å². The molecule has 2 fully saturated rings. The van der Waals surface area contributed by atoms with E-state index >= 15 is 0 Å². The van der Waals surface area contributed by atoms with Crippen molar-refractivity contribution in [1.82, 2.24) is 0 Å². The number of allylic oxidation sites excluding steroid dienone is 2. The molecule has 2 aliphatic carbocycles. The first-order valence-corrected chi connectivity index (χ1v) is 8.43. The second-order valence-electron chi connectivity index (χ2n) is 6.06. The van der Waals surface area contributed by atoms with Crippen molar-refractivity contribution in [3.05, 3.63) is 21.8 Å². The third-order valence-corrected chi connectivity index (χ3v) is 5.75. The summed E-state index contributed by atoms with van der Waals surface area (Å²) < 4.78 is 0. The van der Waals surface area contributed by atoms with Crippen LogP contribution >= 0.6 is 23.2 Å². The molecule has 0 aliphatic heterocycles. The minimum Gasteiger partial charge on any atom is -0.264 e. The molecule has 2 saturated carbocycles. The van der Waals surface area contributed by atoms with Gasteiger partial charge in [-0.2, -0.15) is 5.26 Å². The maximum Gasteiger partial charge on any atom is 0.213 e.